The molecule has 1 aromatic heterocycles. The summed E-state index contributed by atoms with van der Waals surface area (Å²) in [5.41, 5.74) is 2.74. The molecule has 1 aliphatic rings. The molecule has 1 atom stereocenters. The molecule has 0 bridgehead atoms. The van der Waals surface area contributed by atoms with E-state index < -0.39 is 10.0 Å². The maximum atomic E-state index is 13.2. The smallest absolute Gasteiger partial charge is 0.284 e. The predicted molar refractivity (Wildman–Crippen MR) is 122 cm³/mol. The number of nitrogens with zero attached hydrogens (tertiary/aromatic N) is 2. The molecule has 9 heteroatoms. The molecule has 2 aromatic carbocycles. The van der Waals surface area contributed by atoms with Gasteiger partial charge in [0.2, 0.25) is 10.0 Å². The van der Waals surface area contributed by atoms with Crippen LogP contribution < -0.4 is 9.46 Å². The van der Waals surface area contributed by atoms with Gasteiger partial charge < -0.3 is 4.74 Å². The molecular weight excluding hydrogens is 434 g/mol. The molecule has 31 heavy (non-hydrogen) atoms. The van der Waals surface area contributed by atoms with Gasteiger partial charge in [0.05, 0.1) is 30.0 Å². The van der Waals surface area contributed by atoms with Crippen LogP contribution in [0.4, 0.5) is 5.69 Å². The highest BCUT2D eigenvalue weighted by atomic mass is 32.2. The molecule has 1 N–H and O–H groups in total. The summed E-state index contributed by atoms with van der Waals surface area (Å²) in [6, 6.07) is 17.8. The second kappa shape index (κ2) is 8.52. The number of thiophene rings is 1. The van der Waals surface area contributed by atoms with Gasteiger partial charge in [0.1, 0.15) is 5.75 Å². The number of rotatable bonds is 6. The molecule has 0 radical (unpaired) electrons. The van der Waals surface area contributed by atoms with Crippen molar-refractivity contribution in [1.29, 1.82) is 0 Å². The standard InChI is InChI=1S/C22H21N3O4S2/c1-29-20-10-4-3-9-17(20)19-14-18(23-25(19)22(26)21-11-6-12-30-21)15-7-5-8-16(13-15)24-31(2,27)28/h3-13,19,24H,14H2,1-2H3/t19-/m1/s1. The Morgan fingerprint density at radius 1 is 1.16 bits per heavy atom. The van der Waals surface area contributed by atoms with Crippen LogP contribution >= 0.6 is 11.3 Å². The number of para-hydroxylation sites is 1. The molecule has 7 nitrogen and oxygen atoms in total. The summed E-state index contributed by atoms with van der Waals surface area (Å²) in [6.07, 6.45) is 1.58. The van der Waals surface area contributed by atoms with E-state index in [1.165, 1.54) is 16.3 Å². The maximum absolute atomic E-state index is 13.2. The van der Waals surface area contributed by atoms with Crippen molar-refractivity contribution in [1.82, 2.24) is 5.01 Å². The third-order valence-electron chi connectivity index (χ3n) is 4.85. The van der Waals surface area contributed by atoms with E-state index in [9.17, 15) is 13.2 Å². The summed E-state index contributed by atoms with van der Waals surface area (Å²) in [4.78, 5) is 13.8. The zero-order valence-electron chi connectivity index (χ0n) is 17.0. The van der Waals surface area contributed by atoms with Gasteiger partial charge in [0.15, 0.2) is 0 Å². The summed E-state index contributed by atoms with van der Waals surface area (Å²) >= 11 is 1.36. The van der Waals surface area contributed by atoms with Crippen molar-refractivity contribution >= 4 is 38.7 Å². The van der Waals surface area contributed by atoms with Crippen molar-refractivity contribution in [2.45, 2.75) is 12.5 Å². The van der Waals surface area contributed by atoms with Crippen molar-refractivity contribution in [3.63, 3.8) is 0 Å². The Labute approximate surface area is 185 Å². The average molecular weight is 456 g/mol. The molecule has 160 valence electrons. The molecule has 1 amide bonds. The number of amides is 1. The Morgan fingerprint density at radius 2 is 1.97 bits per heavy atom. The van der Waals surface area contributed by atoms with Gasteiger partial charge in [-0.2, -0.15) is 5.10 Å². The summed E-state index contributed by atoms with van der Waals surface area (Å²) in [5.74, 6) is 0.492. The van der Waals surface area contributed by atoms with E-state index in [1.807, 2.05) is 41.8 Å². The Balaban J connectivity index is 1.74. The van der Waals surface area contributed by atoms with Gasteiger partial charge in [-0.3, -0.25) is 9.52 Å². The first-order valence-electron chi connectivity index (χ1n) is 9.51. The fourth-order valence-corrected chi connectivity index (χ4v) is 4.76. The number of carbonyl (C=O) groups excluding carboxylic acids is 1. The summed E-state index contributed by atoms with van der Waals surface area (Å²) in [6.45, 7) is 0. The van der Waals surface area contributed by atoms with Crippen molar-refractivity contribution in [3.8, 4) is 5.75 Å². The minimum Gasteiger partial charge on any atom is -0.496 e. The molecule has 0 unspecified atom stereocenters. The molecule has 0 fully saturated rings. The van der Waals surface area contributed by atoms with Gasteiger partial charge >= 0.3 is 0 Å². The van der Waals surface area contributed by atoms with Crippen LogP contribution in [0.3, 0.4) is 0 Å². The molecule has 1 aliphatic heterocycles. The number of benzene rings is 2. The molecule has 2 heterocycles. The van der Waals surface area contributed by atoms with E-state index in [1.54, 1.807) is 31.4 Å². The first-order valence-corrected chi connectivity index (χ1v) is 12.3. The number of sulfonamides is 1. The molecule has 0 spiro atoms. The highest BCUT2D eigenvalue weighted by Crippen LogP contribution is 2.38. The van der Waals surface area contributed by atoms with Crippen LogP contribution in [0.1, 0.15) is 33.3 Å². The Morgan fingerprint density at radius 3 is 2.68 bits per heavy atom. The number of carbonyl (C=O) groups is 1. The van der Waals surface area contributed by atoms with E-state index in [0.29, 0.717) is 28.4 Å². The summed E-state index contributed by atoms with van der Waals surface area (Å²) < 4.78 is 31.2. The number of hydrogen-bond donors (Lipinski definition) is 1. The zero-order valence-corrected chi connectivity index (χ0v) is 18.6. The number of anilines is 1. The van der Waals surface area contributed by atoms with Crippen LogP contribution in [-0.4, -0.2) is 38.4 Å². The largest absolute Gasteiger partial charge is 0.496 e. The van der Waals surface area contributed by atoms with Crippen molar-refractivity contribution in [2.75, 3.05) is 18.1 Å². The summed E-state index contributed by atoms with van der Waals surface area (Å²) in [5, 5.41) is 8.01. The highest BCUT2D eigenvalue weighted by Gasteiger charge is 2.35. The maximum Gasteiger partial charge on any atom is 0.284 e. The quantitative estimate of drug-likeness (QED) is 0.606. The second-order valence-electron chi connectivity index (χ2n) is 7.09. The lowest BCUT2D eigenvalue weighted by atomic mass is 9.97. The van der Waals surface area contributed by atoms with E-state index >= 15 is 0 Å². The molecule has 0 saturated carbocycles. The van der Waals surface area contributed by atoms with Crippen LogP contribution in [0, 0.1) is 0 Å². The fourth-order valence-electron chi connectivity index (χ4n) is 3.55. The Hall–Kier alpha value is -3.17. The number of ether oxygens (including phenoxy) is 1. The Kier molecular flexibility index (Phi) is 5.79. The van der Waals surface area contributed by atoms with E-state index in [0.717, 1.165) is 17.4 Å². The SMILES string of the molecule is COc1ccccc1[C@H]1CC(c2cccc(NS(C)(=O)=O)c2)=NN1C(=O)c1cccs1. The summed E-state index contributed by atoms with van der Waals surface area (Å²) in [7, 11) is -1.81. The van der Waals surface area contributed by atoms with Crippen LogP contribution in [0.5, 0.6) is 5.75 Å². The molecular formula is C22H21N3O4S2. The average Bonchev–Trinajstić information content (AvgIpc) is 3.42. The number of hydrazone groups is 1. The monoisotopic (exact) mass is 455 g/mol. The van der Waals surface area contributed by atoms with Gasteiger partial charge in [0.25, 0.3) is 5.91 Å². The van der Waals surface area contributed by atoms with E-state index in [2.05, 4.69) is 9.82 Å². The molecule has 4 rings (SSSR count). The van der Waals surface area contributed by atoms with Crippen LogP contribution in [0.2, 0.25) is 0 Å². The van der Waals surface area contributed by atoms with E-state index in [4.69, 9.17) is 4.74 Å². The molecule has 3 aromatic rings. The third-order valence-corrected chi connectivity index (χ3v) is 6.31. The van der Waals surface area contributed by atoms with Crippen molar-refractivity contribution in [3.05, 3.63) is 82.0 Å². The topological polar surface area (TPSA) is 88.1 Å². The first kappa shape index (κ1) is 21.1. The van der Waals surface area contributed by atoms with Crippen LogP contribution in [0.25, 0.3) is 0 Å². The van der Waals surface area contributed by atoms with Gasteiger partial charge in [-0.05, 0) is 35.2 Å². The normalized spacial score (nSPS) is 16.1. The van der Waals surface area contributed by atoms with Gasteiger partial charge in [-0.1, -0.05) is 36.4 Å². The lowest BCUT2D eigenvalue weighted by molar-refractivity contribution is 0.0714. The zero-order chi connectivity index (χ0) is 22.0. The van der Waals surface area contributed by atoms with Gasteiger partial charge in [-0.15, -0.1) is 11.3 Å². The lowest BCUT2D eigenvalue weighted by Gasteiger charge is -2.23. The molecule has 0 saturated heterocycles. The minimum atomic E-state index is -3.40. The molecule has 0 aliphatic carbocycles. The number of hydrogen-bond acceptors (Lipinski definition) is 6. The highest BCUT2D eigenvalue weighted by molar-refractivity contribution is 7.92. The van der Waals surface area contributed by atoms with Crippen LogP contribution in [-0.2, 0) is 10.0 Å². The predicted octanol–water partition coefficient (Wildman–Crippen LogP) is 4.12. The van der Waals surface area contributed by atoms with Gasteiger partial charge in [0, 0.05) is 17.7 Å². The third kappa shape index (κ3) is 4.62. The second-order valence-corrected chi connectivity index (χ2v) is 9.79. The number of methoxy groups -OCH3 is 1. The fraction of sp³-hybridized carbons (Fsp3) is 0.182. The first-order chi connectivity index (χ1) is 14.9. The minimum absolute atomic E-state index is 0.189. The van der Waals surface area contributed by atoms with Crippen LogP contribution in [0.15, 0.2) is 71.1 Å². The Bertz CT molecular complexity index is 1240. The lowest BCUT2D eigenvalue weighted by Crippen LogP contribution is -2.26. The number of nitrogens with one attached hydrogen (secondary N) is 1. The van der Waals surface area contributed by atoms with Gasteiger partial charge in [-0.25, -0.2) is 13.4 Å². The van der Waals surface area contributed by atoms with Crippen molar-refractivity contribution < 1.29 is 17.9 Å². The van der Waals surface area contributed by atoms with E-state index in [-0.39, 0.29) is 11.9 Å². The van der Waals surface area contributed by atoms with Crippen molar-refractivity contribution in [2.24, 2.45) is 5.10 Å².